The van der Waals surface area contributed by atoms with Crippen LogP contribution in [0, 0.1) is 0 Å². The average molecular weight is 391 g/mol. The number of rotatable bonds is 7. The molecule has 1 heterocycles. The van der Waals surface area contributed by atoms with Gasteiger partial charge < -0.3 is 9.64 Å². The standard InChI is InChI=1S/C20H23FN4O.ClH/c1-24(2)14-15-5-4-6-17(13-15)19-22-20(25(23-19)12-11-21)16-7-9-18(26-3)10-8-16;/h4-10,13H,11-12,14H2,1-3H3;1H. The molecular formula is C20H24ClFN4O. The Balaban J connectivity index is 0.00000261. The number of hydrogen-bond donors (Lipinski definition) is 0. The molecule has 0 fully saturated rings. The van der Waals surface area contributed by atoms with Crippen LogP contribution < -0.4 is 4.74 Å². The average Bonchev–Trinajstić information content (AvgIpc) is 3.06. The van der Waals surface area contributed by atoms with Gasteiger partial charge in [0.15, 0.2) is 11.6 Å². The first-order chi connectivity index (χ1) is 12.6. The third-order valence-corrected chi connectivity index (χ3v) is 4.00. The van der Waals surface area contributed by atoms with Crippen molar-refractivity contribution in [3.63, 3.8) is 0 Å². The second-order valence-electron chi connectivity index (χ2n) is 6.34. The van der Waals surface area contributed by atoms with Crippen LogP contribution in [0.15, 0.2) is 48.5 Å². The van der Waals surface area contributed by atoms with Gasteiger partial charge >= 0.3 is 0 Å². The van der Waals surface area contributed by atoms with Gasteiger partial charge in [0.1, 0.15) is 12.4 Å². The van der Waals surface area contributed by atoms with Crippen LogP contribution in [0.1, 0.15) is 5.56 Å². The molecule has 0 aliphatic rings. The summed E-state index contributed by atoms with van der Waals surface area (Å²) in [6.45, 7) is 0.517. The molecule has 0 spiro atoms. The quantitative estimate of drug-likeness (QED) is 0.609. The minimum Gasteiger partial charge on any atom is -0.497 e. The maximum Gasteiger partial charge on any atom is 0.181 e. The normalized spacial score (nSPS) is 10.7. The summed E-state index contributed by atoms with van der Waals surface area (Å²) >= 11 is 0. The number of ether oxygens (including phenoxy) is 1. The molecule has 0 bridgehead atoms. The molecule has 0 N–H and O–H groups in total. The molecule has 0 saturated carbocycles. The highest BCUT2D eigenvalue weighted by molar-refractivity contribution is 5.85. The minimum atomic E-state index is -0.493. The maximum atomic E-state index is 13.0. The number of alkyl halides is 1. The van der Waals surface area contributed by atoms with Crippen molar-refractivity contribution in [2.75, 3.05) is 27.9 Å². The number of nitrogens with zero attached hydrogens (tertiary/aromatic N) is 4. The molecule has 5 nitrogen and oxygen atoms in total. The van der Waals surface area contributed by atoms with E-state index in [-0.39, 0.29) is 19.0 Å². The lowest BCUT2D eigenvalue weighted by Gasteiger charge is -2.09. The van der Waals surface area contributed by atoms with Crippen molar-refractivity contribution >= 4 is 12.4 Å². The SMILES string of the molecule is COc1ccc(-c2nc(-c3cccc(CN(C)C)c3)nn2CCF)cc1.Cl. The number of methoxy groups -OCH3 is 1. The molecule has 0 saturated heterocycles. The highest BCUT2D eigenvalue weighted by Gasteiger charge is 2.14. The topological polar surface area (TPSA) is 43.2 Å². The fourth-order valence-corrected chi connectivity index (χ4v) is 2.83. The fraction of sp³-hybridized carbons (Fsp3) is 0.300. The first-order valence-corrected chi connectivity index (χ1v) is 8.50. The van der Waals surface area contributed by atoms with Crippen LogP contribution in [0.2, 0.25) is 0 Å². The van der Waals surface area contributed by atoms with Gasteiger partial charge in [0, 0.05) is 17.7 Å². The molecule has 0 aliphatic heterocycles. The zero-order valence-electron chi connectivity index (χ0n) is 15.7. The van der Waals surface area contributed by atoms with Gasteiger partial charge in [-0.3, -0.25) is 0 Å². The van der Waals surface area contributed by atoms with E-state index in [0.717, 1.165) is 23.4 Å². The van der Waals surface area contributed by atoms with E-state index in [9.17, 15) is 4.39 Å². The van der Waals surface area contributed by atoms with Gasteiger partial charge in [-0.2, -0.15) is 5.10 Å². The van der Waals surface area contributed by atoms with Gasteiger partial charge in [-0.25, -0.2) is 14.1 Å². The maximum absolute atomic E-state index is 13.0. The molecule has 144 valence electrons. The van der Waals surface area contributed by atoms with Crippen LogP contribution in [0.25, 0.3) is 22.8 Å². The predicted molar refractivity (Wildman–Crippen MR) is 108 cm³/mol. The Bertz CT molecular complexity index is 865. The molecule has 3 aromatic rings. The van der Waals surface area contributed by atoms with Gasteiger partial charge in [0.25, 0.3) is 0 Å². The van der Waals surface area contributed by atoms with Crippen molar-refractivity contribution in [3.8, 4) is 28.5 Å². The van der Waals surface area contributed by atoms with E-state index in [1.54, 1.807) is 11.8 Å². The van der Waals surface area contributed by atoms with Crippen molar-refractivity contribution in [1.82, 2.24) is 19.7 Å². The Kier molecular flexibility index (Phi) is 7.33. The van der Waals surface area contributed by atoms with Crippen molar-refractivity contribution in [3.05, 3.63) is 54.1 Å². The number of halogens is 2. The molecule has 0 aliphatic carbocycles. The Morgan fingerprint density at radius 1 is 1.07 bits per heavy atom. The number of hydrogen-bond acceptors (Lipinski definition) is 4. The van der Waals surface area contributed by atoms with E-state index in [1.165, 1.54) is 5.56 Å². The van der Waals surface area contributed by atoms with Crippen LogP contribution in [0.5, 0.6) is 5.75 Å². The summed E-state index contributed by atoms with van der Waals surface area (Å²) in [7, 11) is 5.69. The molecule has 2 aromatic carbocycles. The lowest BCUT2D eigenvalue weighted by molar-refractivity contribution is 0.402. The van der Waals surface area contributed by atoms with Crippen molar-refractivity contribution in [2.45, 2.75) is 13.1 Å². The zero-order chi connectivity index (χ0) is 18.5. The van der Waals surface area contributed by atoms with E-state index < -0.39 is 6.67 Å². The number of aryl methyl sites for hydroxylation is 1. The minimum absolute atomic E-state index is 0. The van der Waals surface area contributed by atoms with Crippen LogP contribution in [0.4, 0.5) is 4.39 Å². The Hall–Kier alpha value is -2.44. The third-order valence-electron chi connectivity index (χ3n) is 4.00. The lowest BCUT2D eigenvalue weighted by Crippen LogP contribution is -2.10. The van der Waals surface area contributed by atoms with E-state index in [1.807, 2.05) is 50.5 Å². The predicted octanol–water partition coefficient (Wildman–Crippen LogP) is 4.07. The first kappa shape index (κ1) is 20.9. The van der Waals surface area contributed by atoms with Crippen LogP contribution in [-0.4, -0.2) is 47.5 Å². The molecule has 7 heteroatoms. The summed E-state index contributed by atoms with van der Waals surface area (Å²) in [4.78, 5) is 6.78. The van der Waals surface area contributed by atoms with Gasteiger partial charge in [0.05, 0.1) is 13.7 Å². The summed E-state index contributed by atoms with van der Waals surface area (Å²) in [6, 6.07) is 15.7. The monoisotopic (exact) mass is 390 g/mol. The van der Waals surface area contributed by atoms with Crippen molar-refractivity contribution < 1.29 is 9.13 Å². The first-order valence-electron chi connectivity index (χ1n) is 8.50. The van der Waals surface area contributed by atoms with E-state index in [4.69, 9.17) is 4.74 Å². The van der Waals surface area contributed by atoms with E-state index in [2.05, 4.69) is 27.1 Å². The third kappa shape index (κ3) is 5.05. The zero-order valence-corrected chi connectivity index (χ0v) is 16.5. The summed E-state index contributed by atoms with van der Waals surface area (Å²) in [5.41, 5.74) is 2.99. The molecular weight excluding hydrogens is 367 g/mol. The van der Waals surface area contributed by atoms with Gasteiger partial charge in [-0.1, -0.05) is 18.2 Å². The van der Waals surface area contributed by atoms with Crippen LogP contribution in [0.3, 0.4) is 0 Å². The Morgan fingerprint density at radius 3 is 2.44 bits per heavy atom. The summed E-state index contributed by atoms with van der Waals surface area (Å²) in [6.07, 6.45) is 0. The molecule has 0 atom stereocenters. The lowest BCUT2D eigenvalue weighted by atomic mass is 10.1. The van der Waals surface area contributed by atoms with Gasteiger partial charge in [-0.15, -0.1) is 12.4 Å². The summed E-state index contributed by atoms with van der Waals surface area (Å²) in [5.74, 6) is 2.02. The summed E-state index contributed by atoms with van der Waals surface area (Å²) < 4.78 is 19.8. The van der Waals surface area contributed by atoms with Gasteiger partial charge in [-0.05, 0) is 50.0 Å². The highest BCUT2D eigenvalue weighted by Crippen LogP contribution is 2.25. The Morgan fingerprint density at radius 2 is 1.81 bits per heavy atom. The van der Waals surface area contributed by atoms with Crippen LogP contribution >= 0.6 is 12.4 Å². The highest BCUT2D eigenvalue weighted by atomic mass is 35.5. The smallest absolute Gasteiger partial charge is 0.181 e. The molecule has 27 heavy (non-hydrogen) atoms. The molecule has 3 rings (SSSR count). The van der Waals surface area contributed by atoms with Crippen LogP contribution in [-0.2, 0) is 13.1 Å². The summed E-state index contributed by atoms with van der Waals surface area (Å²) in [5, 5.41) is 4.53. The molecule has 0 unspecified atom stereocenters. The molecule has 0 amide bonds. The molecule has 1 aromatic heterocycles. The van der Waals surface area contributed by atoms with Crippen molar-refractivity contribution in [1.29, 1.82) is 0 Å². The second-order valence-corrected chi connectivity index (χ2v) is 6.34. The fourth-order valence-electron chi connectivity index (χ4n) is 2.83. The molecule has 0 radical (unpaired) electrons. The van der Waals surface area contributed by atoms with E-state index >= 15 is 0 Å². The second kappa shape index (κ2) is 9.48. The van der Waals surface area contributed by atoms with E-state index in [0.29, 0.717) is 11.6 Å². The number of benzene rings is 2. The Labute approximate surface area is 165 Å². The van der Waals surface area contributed by atoms with Crippen molar-refractivity contribution in [2.24, 2.45) is 0 Å². The largest absolute Gasteiger partial charge is 0.497 e. The number of aromatic nitrogens is 3. The van der Waals surface area contributed by atoms with Gasteiger partial charge in [0.2, 0.25) is 0 Å².